The van der Waals surface area contributed by atoms with E-state index in [2.05, 4.69) is 0 Å². The molecule has 1 fully saturated rings. The molecular formula is C16H27NO4. The second-order valence-corrected chi connectivity index (χ2v) is 6.54. The van der Waals surface area contributed by atoms with Gasteiger partial charge in [0, 0.05) is 0 Å². The Kier molecular flexibility index (Phi) is 5.81. The quantitative estimate of drug-likeness (QED) is 0.592. The van der Waals surface area contributed by atoms with Crippen molar-refractivity contribution in [1.29, 1.82) is 0 Å². The minimum absolute atomic E-state index is 0.112. The predicted molar refractivity (Wildman–Crippen MR) is 80.9 cm³/mol. The molecule has 1 heterocycles. The van der Waals surface area contributed by atoms with Crippen molar-refractivity contribution in [3.05, 3.63) is 11.6 Å². The van der Waals surface area contributed by atoms with Crippen LogP contribution in [0.4, 0.5) is 4.79 Å². The first-order valence-electron chi connectivity index (χ1n) is 7.48. The van der Waals surface area contributed by atoms with Gasteiger partial charge in [0.2, 0.25) is 0 Å². The summed E-state index contributed by atoms with van der Waals surface area (Å²) in [5, 5.41) is 0. The van der Waals surface area contributed by atoms with E-state index < -0.39 is 17.7 Å². The van der Waals surface area contributed by atoms with Crippen molar-refractivity contribution in [2.24, 2.45) is 0 Å². The Hall–Kier alpha value is -1.52. The summed E-state index contributed by atoms with van der Waals surface area (Å²) in [5.41, 5.74) is 0.520. The number of carbonyl (C=O) groups excluding carboxylic acids is 2. The van der Waals surface area contributed by atoms with Crippen molar-refractivity contribution in [2.45, 2.75) is 72.1 Å². The van der Waals surface area contributed by atoms with Crippen LogP contribution in [0.3, 0.4) is 0 Å². The second kappa shape index (κ2) is 6.96. The van der Waals surface area contributed by atoms with Crippen LogP contribution in [0.25, 0.3) is 0 Å². The molecule has 120 valence electrons. The Morgan fingerprint density at radius 3 is 2.33 bits per heavy atom. The number of nitrogens with zero attached hydrogens (tertiary/aromatic N) is 1. The SMILES string of the molecule is CCOC(=O)[C@@H]1CC[C@@H](C=C(C)C)N1C(=O)OC(C)(C)C. The number of hydrogen-bond donors (Lipinski definition) is 0. The first kappa shape index (κ1) is 17.5. The van der Waals surface area contributed by atoms with Gasteiger partial charge in [-0.1, -0.05) is 11.6 Å². The second-order valence-electron chi connectivity index (χ2n) is 6.54. The third-order valence-corrected chi connectivity index (χ3v) is 3.12. The molecular weight excluding hydrogens is 270 g/mol. The van der Waals surface area contributed by atoms with Gasteiger partial charge in [-0.3, -0.25) is 4.90 Å². The Morgan fingerprint density at radius 1 is 1.24 bits per heavy atom. The Labute approximate surface area is 127 Å². The minimum atomic E-state index is -0.589. The molecule has 0 aliphatic carbocycles. The van der Waals surface area contributed by atoms with Crippen LogP contribution in [0.5, 0.6) is 0 Å². The summed E-state index contributed by atoms with van der Waals surface area (Å²) in [6.07, 6.45) is 2.89. The summed E-state index contributed by atoms with van der Waals surface area (Å²) < 4.78 is 10.5. The molecule has 0 unspecified atom stereocenters. The maximum atomic E-state index is 12.4. The van der Waals surface area contributed by atoms with Gasteiger partial charge < -0.3 is 9.47 Å². The highest BCUT2D eigenvalue weighted by Gasteiger charge is 2.42. The molecule has 2 atom stereocenters. The molecule has 1 rings (SSSR count). The monoisotopic (exact) mass is 297 g/mol. The minimum Gasteiger partial charge on any atom is -0.464 e. The van der Waals surface area contributed by atoms with Crippen LogP contribution in [0, 0.1) is 0 Å². The van der Waals surface area contributed by atoms with E-state index in [0.29, 0.717) is 13.0 Å². The van der Waals surface area contributed by atoms with Crippen LogP contribution in [-0.4, -0.2) is 41.3 Å². The number of amides is 1. The van der Waals surface area contributed by atoms with Crippen LogP contribution >= 0.6 is 0 Å². The van der Waals surface area contributed by atoms with Crippen LogP contribution in [0.15, 0.2) is 11.6 Å². The molecule has 1 amide bonds. The molecule has 0 aromatic heterocycles. The van der Waals surface area contributed by atoms with Crippen molar-refractivity contribution >= 4 is 12.1 Å². The summed E-state index contributed by atoms with van der Waals surface area (Å²) >= 11 is 0. The summed E-state index contributed by atoms with van der Waals surface area (Å²) in [4.78, 5) is 26.0. The topological polar surface area (TPSA) is 55.8 Å². The lowest BCUT2D eigenvalue weighted by molar-refractivity contribution is -0.148. The van der Waals surface area contributed by atoms with Crippen LogP contribution in [0.1, 0.15) is 54.4 Å². The van der Waals surface area contributed by atoms with E-state index in [1.807, 2.05) is 40.7 Å². The first-order chi connectivity index (χ1) is 9.65. The van der Waals surface area contributed by atoms with Crippen molar-refractivity contribution < 1.29 is 19.1 Å². The molecule has 0 saturated carbocycles. The lowest BCUT2D eigenvalue weighted by Gasteiger charge is -2.30. The summed E-state index contributed by atoms with van der Waals surface area (Å²) in [6.45, 7) is 11.5. The summed E-state index contributed by atoms with van der Waals surface area (Å²) in [5.74, 6) is -0.354. The predicted octanol–water partition coefficient (Wildman–Crippen LogP) is 3.28. The van der Waals surface area contributed by atoms with Crippen LogP contribution in [-0.2, 0) is 14.3 Å². The van der Waals surface area contributed by atoms with Gasteiger partial charge in [0.05, 0.1) is 12.6 Å². The molecule has 0 spiro atoms. The molecule has 1 saturated heterocycles. The van der Waals surface area contributed by atoms with E-state index in [0.717, 1.165) is 12.0 Å². The largest absolute Gasteiger partial charge is 0.464 e. The van der Waals surface area contributed by atoms with Gasteiger partial charge in [-0.2, -0.15) is 0 Å². The summed E-state index contributed by atoms with van der Waals surface area (Å²) in [6, 6.07) is -0.667. The number of rotatable bonds is 3. The van der Waals surface area contributed by atoms with E-state index in [1.165, 1.54) is 4.90 Å². The average molecular weight is 297 g/mol. The number of likely N-dealkylation sites (tertiary alicyclic amines) is 1. The molecule has 0 bridgehead atoms. The molecule has 0 radical (unpaired) electrons. The fraction of sp³-hybridized carbons (Fsp3) is 0.750. The molecule has 1 aliphatic heterocycles. The fourth-order valence-corrected chi connectivity index (χ4v) is 2.43. The molecule has 0 aromatic rings. The normalized spacial score (nSPS) is 21.9. The molecule has 5 nitrogen and oxygen atoms in total. The third-order valence-electron chi connectivity index (χ3n) is 3.12. The third kappa shape index (κ3) is 5.06. The van der Waals surface area contributed by atoms with Gasteiger partial charge >= 0.3 is 12.1 Å². The zero-order chi connectivity index (χ0) is 16.2. The zero-order valence-electron chi connectivity index (χ0n) is 13.9. The van der Waals surface area contributed by atoms with Gasteiger partial charge in [0.15, 0.2) is 0 Å². The number of carbonyl (C=O) groups is 2. The molecule has 0 N–H and O–H groups in total. The molecule has 21 heavy (non-hydrogen) atoms. The van der Waals surface area contributed by atoms with E-state index >= 15 is 0 Å². The molecule has 5 heteroatoms. The Bertz CT molecular complexity index is 418. The average Bonchev–Trinajstić information content (AvgIpc) is 2.69. The maximum absolute atomic E-state index is 12.4. The van der Waals surface area contributed by atoms with E-state index in [1.54, 1.807) is 6.92 Å². The highest BCUT2D eigenvalue weighted by molar-refractivity contribution is 5.82. The zero-order valence-corrected chi connectivity index (χ0v) is 13.9. The van der Waals surface area contributed by atoms with Gasteiger partial charge in [-0.25, -0.2) is 9.59 Å². The smallest absolute Gasteiger partial charge is 0.411 e. The Morgan fingerprint density at radius 2 is 1.86 bits per heavy atom. The Balaban J connectivity index is 2.97. The van der Waals surface area contributed by atoms with Crippen molar-refractivity contribution in [1.82, 2.24) is 4.90 Å². The number of hydrogen-bond acceptors (Lipinski definition) is 4. The fourth-order valence-electron chi connectivity index (χ4n) is 2.43. The van der Waals surface area contributed by atoms with Crippen molar-refractivity contribution in [3.63, 3.8) is 0 Å². The van der Waals surface area contributed by atoms with E-state index in [4.69, 9.17) is 9.47 Å². The van der Waals surface area contributed by atoms with Gasteiger partial charge in [0.1, 0.15) is 11.6 Å². The van der Waals surface area contributed by atoms with Gasteiger partial charge in [-0.05, 0) is 54.4 Å². The van der Waals surface area contributed by atoms with Gasteiger partial charge in [-0.15, -0.1) is 0 Å². The van der Waals surface area contributed by atoms with Crippen LogP contribution < -0.4 is 0 Å². The lowest BCUT2D eigenvalue weighted by atomic mass is 10.1. The number of allylic oxidation sites excluding steroid dienone is 1. The highest BCUT2D eigenvalue weighted by Crippen LogP contribution is 2.29. The maximum Gasteiger partial charge on any atom is 0.411 e. The molecule has 1 aliphatic rings. The summed E-state index contributed by atoms with van der Waals surface area (Å²) in [7, 11) is 0. The number of esters is 1. The standard InChI is InChI=1S/C16H27NO4/c1-7-20-14(18)13-9-8-12(10-11(2)3)17(13)15(19)21-16(4,5)6/h10,12-13H,7-9H2,1-6H3/t12-,13-/m0/s1. The van der Waals surface area contributed by atoms with Crippen molar-refractivity contribution in [2.75, 3.05) is 6.61 Å². The van der Waals surface area contributed by atoms with E-state index in [-0.39, 0.29) is 12.0 Å². The highest BCUT2D eigenvalue weighted by atomic mass is 16.6. The first-order valence-corrected chi connectivity index (χ1v) is 7.48. The van der Waals surface area contributed by atoms with E-state index in [9.17, 15) is 9.59 Å². The van der Waals surface area contributed by atoms with Gasteiger partial charge in [0.25, 0.3) is 0 Å². The lowest BCUT2D eigenvalue weighted by Crippen LogP contribution is -2.47. The number of ether oxygens (including phenoxy) is 2. The molecule has 0 aromatic carbocycles. The van der Waals surface area contributed by atoms with Crippen molar-refractivity contribution in [3.8, 4) is 0 Å². The van der Waals surface area contributed by atoms with Crippen LogP contribution in [0.2, 0.25) is 0 Å².